The Morgan fingerprint density at radius 1 is 1.16 bits per heavy atom. The van der Waals surface area contributed by atoms with Crippen LogP contribution in [0.3, 0.4) is 0 Å². The van der Waals surface area contributed by atoms with Crippen molar-refractivity contribution in [3.8, 4) is 0 Å². The fraction of sp³-hybridized carbons (Fsp3) is 0.235. The van der Waals surface area contributed by atoms with Crippen LogP contribution < -0.4 is 5.32 Å². The van der Waals surface area contributed by atoms with E-state index in [2.05, 4.69) is 5.32 Å². The van der Waals surface area contributed by atoms with Crippen LogP contribution in [0.15, 0.2) is 48.5 Å². The average molecular weight is 385 g/mol. The zero-order chi connectivity index (χ0) is 18.4. The SMILES string of the molecule is CS(=O)(=O)N(CCC(=O)Nc1ccc(Cl)cc1)Cc1ccccc1F. The first-order chi connectivity index (χ1) is 11.8. The lowest BCUT2D eigenvalue weighted by atomic mass is 10.2. The third-order valence-corrected chi connectivity index (χ3v) is 4.99. The van der Waals surface area contributed by atoms with E-state index in [1.54, 1.807) is 30.3 Å². The molecule has 2 aromatic carbocycles. The number of hydrogen-bond donors (Lipinski definition) is 1. The summed E-state index contributed by atoms with van der Waals surface area (Å²) in [5, 5.41) is 3.21. The monoisotopic (exact) mass is 384 g/mol. The Kier molecular flexibility index (Phi) is 6.52. The molecule has 0 unspecified atom stereocenters. The maximum absolute atomic E-state index is 13.7. The summed E-state index contributed by atoms with van der Waals surface area (Å²) in [5.41, 5.74) is 0.820. The molecule has 25 heavy (non-hydrogen) atoms. The quantitative estimate of drug-likeness (QED) is 0.796. The molecule has 0 atom stereocenters. The van der Waals surface area contributed by atoms with Crippen molar-refractivity contribution in [2.24, 2.45) is 0 Å². The molecule has 0 bridgehead atoms. The van der Waals surface area contributed by atoms with Gasteiger partial charge in [0.05, 0.1) is 6.26 Å². The van der Waals surface area contributed by atoms with Gasteiger partial charge in [-0.2, -0.15) is 4.31 Å². The number of rotatable bonds is 7. The molecular formula is C17H18ClFN2O3S. The van der Waals surface area contributed by atoms with Gasteiger partial charge in [0.25, 0.3) is 0 Å². The molecule has 0 saturated heterocycles. The summed E-state index contributed by atoms with van der Waals surface area (Å²) in [7, 11) is -3.58. The number of amides is 1. The Morgan fingerprint density at radius 2 is 1.80 bits per heavy atom. The number of nitrogens with zero attached hydrogens (tertiary/aromatic N) is 1. The minimum atomic E-state index is -3.58. The van der Waals surface area contributed by atoms with Crippen LogP contribution in [-0.2, 0) is 21.4 Å². The first kappa shape index (κ1) is 19.4. The second kappa shape index (κ2) is 8.42. The highest BCUT2D eigenvalue weighted by Crippen LogP contribution is 2.15. The van der Waals surface area contributed by atoms with Crippen LogP contribution in [0.4, 0.5) is 10.1 Å². The van der Waals surface area contributed by atoms with Gasteiger partial charge in [-0.15, -0.1) is 0 Å². The molecule has 0 aliphatic carbocycles. The molecule has 0 heterocycles. The number of halogens is 2. The summed E-state index contributed by atoms with van der Waals surface area (Å²) < 4.78 is 38.6. The van der Waals surface area contributed by atoms with E-state index in [0.29, 0.717) is 10.7 Å². The van der Waals surface area contributed by atoms with Crippen molar-refractivity contribution in [2.75, 3.05) is 18.1 Å². The molecule has 134 valence electrons. The van der Waals surface area contributed by atoms with Crippen molar-refractivity contribution in [2.45, 2.75) is 13.0 Å². The second-order valence-electron chi connectivity index (χ2n) is 5.49. The number of carbonyl (C=O) groups excluding carboxylic acids is 1. The van der Waals surface area contributed by atoms with Gasteiger partial charge in [0, 0.05) is 35.8 Å². The number of nitrogens with one attached hydrogen (secondary N) is 1. The Balaban J connectivity index is 1.99. The summed E-state index contributed by atoms with van der Waals surface area (Å²) in [4.78, 5) is 12.0. The highest BCUT2D eigenvalue weighted by atomic mass is 35.5. The first-order valence-corrected chi connectivity index (χ1v) is 9.72. The average Bonchev–Trinajstić information content (AvgIpc) is 2.54. The molecule has 0 aromatic heterocycles. The molecule has 1 N–H and O–H groups in total. The van der Waals surface area contributed by atoms with Gasteiger partial charge in [-0.3, -0.25) is 4.79 Å². The summed E-state index contributed by atoms with van der Waals surface area (Å²) in [6.07, 6.45) is 0.981. The van der Waals surface area contributed by atoms with Gasteiger partial charge in [0.2, 0.25) is 15.9 Å². The molecule has 5 nitrogen and oxygen atoms in total. The van der Waals surface area contributed by atoms with Gasteiger partial charge in [-0.05, 0) is 30.3 Å². The normalized spacial score (nSPS) is 11.5. The van der Waals surface area contributed by atoms with Crippen LogP contribution in [0.5, 0.6) is 0 Å². The number of carbonyl (C=O) groups is 1. The van der Waals surface area contributed by atoms with Crippen LogP contribution in [0.1, 0.15) is 12.0 Å². The summed E-state index contributed by atoms with van der Waals surface area (Å²) in [6.45, 7) is -0.174. The van der Waals surface area contributed by atoms with Gasteiger partial charge in [-0.1, -0.05) is 29.8 Å². The zero-order valence-electron chi connectivity index (χ0n) is 13.6. The lowest BCUT2D eigenvalue weighted by molar-refractivity contribution is -0.116. The standard InChI is InChI=1S/C17H18ClFN2O3S/c1-25(23,24)21(12-13-4-2-3-5-16(13)19)11-10-17(22)20-15-8-6-14(18)7-9-15/h2-9H,10-12H2,1H3,(H,20,22). The van der Waals surface area contributed by atoms with E-state index in [9.17, 15) is 17.6 Å². The van der Waals surface area contributed by atoms with Crippen LogP contribution in [0, 0.1) is 5.82 Å². The smallest absolute Gasteiger partial charge is 0.225 e. The summed E-state index contributed by atoms with van der Waals surface area (Å²) >= 11 is 5.77. The molecule has 2 aromatic rings. The summed E-state index contributed by atoms with van der Waals surface area (Å²) in [6, 6.07) is 12.5. The molecule has 0 aliphatic heterocycles. The molecule has 0 spiro atoms. The van der Waals surface area contributed by atoms with Gasteiger partial charge in [0.1, 0.15) is 5.82 Å². The van der Waals surface area contributed by atoms with E-state index < -0.39 is 15.8 Å². The van der Waals surface area contributed by atoms with Gasteiger partial charge in [-0.25, -0.2) is 12.8 Å². The van der Waals surface area contributed by atoms with Crippen LogP contribution in [-0.4, -0.2) is 31.4 Å². The molecule has 0 radical (unpaired) electrons. The molecule has 0 saturated carbocycles. The highest BCUT2D eigenvalue weighted by molar-refractivity contribution is 7.88. The molecular weight excluding hydrogens is 367 g/mol. The van der Waals surface area contributed by atoms with Gasteiger partial charge >= 0.3 is 0 Å². The number of anilines is 1. The molecule has 8 heteroatoms. The second-order valence-corrected chi connectivity index (χ2v) is 7.91. The van der Waals surface area contributed by atoms with Crippen molar-refractivity contribution >= 4 is 33.2 Å². The van der Waals surface area contributed by atoms with Crippen molar-refractivity contribution < 1.29 is 17.6 Å². The third kappa shape index (κ3) is 6.12. The Bertz CT molecular complexity index is 841. The zero-order valence-corrected chi connectivity index (χ0v) is 15.1. The predicted octanol–water partition coefficient (Wildman–Crippen LogP) is 3.27. The summed E-state index contributed by atoms with van der Waals surface area (Å²) in [5.74, 6) is -0.828. The van der Waals surface area contributed by atoms with E-state index in [-0.39, 0.29) is 31.0 Å². The van der Waals surface area contributed by atoms with E-state index in [0.717, 1.165) is 10.6 Å². The topological polar surface area (TPSA) is 66.5 Å². The molecule has 0 aliphatic rings. The fourth-order valence-corrected chi connectivity index (χ4v) is 3.08. The number of sulfonamides is 1. The molecule has 1 amide bonds. The number of benzene rings is 2. The Hall–Kier alpha value is -1.96. The predicted molar refractivity (Wildman–Crippen MR) is 96.4 cm³/mol. The number of hydrogen-bond acceptors (Lipinski definition) is 3. The first-order valence-electron chi connectivity index (χ1n) is 7.49. The maximum Gasteiger partial charge on any atom is 0.225 e. The lowest BCUT2D eigenvalue weighted by Crippen LogP contribution is -2.32. The molecule has 0 fully saturated rings. The van der Waals surface area contributed by atoms with E-state index >= 15 is 0 Å². The van der Waals surface area contributed by atoms with Gasteiger partial charge < -0.3 is 5.32 Å². The highest BCUT2D eigenvalue weighted by Gasteiger charge is 2.19. The van der Waals surface area contributed by atoms with Gasteiger partial charge in [0.15, 0.2) is 0 Å². The Morgan fingerprint density at radius 3 is 2.40 bits per heavy atom. The van der Waals surface area contributed by atoms with Crippen molar-refractivity contribution in [1.82, 2.24) is 4.31 Å². The Labute approximate surface area is 151 Å². The van der Waals surface area contributed by atoms with Crippen molar-refractivity contribution in [1.29, 1.82) is 0 Å². The largest absolute Gasteiger partial charge is 0.326 e. The maximum atomic E-state index is 13.7. The van der Waals surface area contributed by atoms with E-state index in [4.69, 9.17) is 11.6 Å². The third-order valence-electron chi connectivity index (χ3n) is 3.49. The van der Waals surface area contributed by atoms with Crippen LogP contribution in [0.25, 0.3) is 0 Å². The van der Waals surface area contributed by atoms with Crippen molar-refractivity contribution in [3.63, 3.8) is 0 Å². The molecule has 2 rings (SSSR count). The lowest BCUT2D eigenvalue weighted by Gasteiger charge is -2.20. The van der Waals surface area contributed by atoms with Crippen LogP contribution in [0.2, 0.25) is 5.02 Å². The van der Waals surface area contributed by atoms with E-state index in [1.165, 1.54) is 18.2 Å². The minimum Gasteiger partial charge on any atom is -0.326 e. The van der Waals surface area contributed by atoms with E-state index in [1.807, 2.05) is 0 Å². The minimum absolute atomic E-state index is 0.0490. The fourth-order valence-electron chi connectivity index (χ4n) is 2.16. The van der Waals surface area contributed by atoms with Crippen LogP contribution >= 0.6 is 11.6 Å². The van der Waals surface area contributed by atoms with Crippen molar-refractivity contribution in [3.05, 3.63) is 64.9 Å².